The number of aromatic nitrogens is 3. The van der Waals surface area contributed by atoms with Crippen LogP contribution in [-0.4, -0.2) is 39.6 Å². The van der Waals surface area contributed by atoms with Gasteiger partial charge >= 0.3 is 5.97 Å². The van der Waals surface area contributed by atoms with Crippen LogP contribution in [0.15, 0.2) is 60.8 Å². The number of carbonyl (C=O) groups is 3. The first-order valence-corrected chi connectivity index (χ1v) is 7.63. The Morgan fingerprint density at radius 2 is 1.31 bits per heavy atom. The summed E-state index contributed by atoms with van der Waals surface area (Å²) in [6, 6.07) is 14.2. The highest BCUT2D eigenvalue weighted by Gasteiger charge is 2.21. The Hall–Kier alpha value is -3.74. The zero-order chi connectivity index (χ0) is 18.5. The number of pyridine rings is 3. The Morgan fingerprint density at radius 1 is 0.731 bits per heavy atom. The molecular weight excluding hydrogens is 334 g/mol. The number of rotatable bonds is 5. The van der Waals surface area contributed by atoms with Gasteiger partial charge in [-0.05, 0) is 36.4 Å². The molecule has 0 spiro atoms. The van der Waals surface area contributed by atoms with Crippen molar-refractivity contribution in [2.24, 2.45) is 0 Å². The van der Waals surface area contributed by atoms with Crippen molar-refractivity contribution >= 4 is 17.5 Å². The van der Waals surface area contributed by atoms with E-state index in [1.54, 1.807) is 36.4 Å². The van der Waals surface area contributed by atoms with Crippen molar-refractivity contribution in [3.63, 3.8) is 0 Å². The number of hydrogen-bond donors (Lipinski definition) is 0. The molecule has 0 atom stereocenters. The van der Waals surface area contributed by atoms with E-state index in [-0.39, 0.29) is 17.1 Å². The van der Waals surface area contributed by atoms with Gasteiger partial charge in [-0.15, -0.1) is 0 Å². The standard InChI is InChI=1S/C19H13N3O4/c1-26-19(25)16-10-5-8-13(22-16)12-7-4-9-15(21-12)18(24)17(23)14-6-2-3-11-20-14/h2-11H,1H3. The molecule has 0 fully saturated rings. The highest BCUT2D eigenvalue weighted by Crippen LogP contribution is 2.16. The number of ketones is 2. The molecule has 0 aliphatic carbocycles. The van der Waals surface area contributed by atoms with Crippen LogP contribution in [0.1, 0.15) is 31.5 Å². The molecule has 0 aromatic carbocycles. The van der Waals surface area contributed by atoms with E-state index in [9.17, 15) is 14.4 Å². The molecule has 3 rings (SSSR count). The first-order valence-electron chi connectivity index (χ1n) is 7.63. The normalized spacial score (nSPS) is 10.2. The number of ether oxygens (including phenoxy) is 1. The number of methoxy groups -OCH3 is 1. The van der Waals surface area contributed by atoms with Gasteiger partial charge in [-0.2, -0.15) is 0 Å². The molecule has 3 aromatic heterocycles. The molecule has 128 valence electrons. The van der Waals surface area contributed by atoms with E-state index in [1.807, 2.05) is 0 Å². The summed E-state index contributed by atoms with van der Waals surface area (Å²) in [4.78, 5) is 48.5. The molecule has 0 aliphatic heterocycles. The third kappa shape index (κ3) is 3.51. The van der Waals surface area contributed by atoms with E-state index < -0.39 is 17.5 Å². The van der Waals surface area contributed by atoms with Gasteiger partial charge in [0.15, 0.2) is 0 Å². The molecule has 0 radical (unpaired) electrons. The van der Waals surface area contributed by atoms with E-state index in [2.05, 4.69) is 19.7 Å². The molecule has 3 heterocycles. The number of nitrogens with zero attached hydrogens (tertiary/aromatic N) is 3. The Bertz CT molecular complexity index is 987. The maximum absolute atomic E-state index is 12.4. The molecule has 0 bridgehead atoms. The Morgan fingerprint density at radius 3 is 1.92 bits per heavy atom. The molecule has 7 nitrogen and oxygen atoms in total. The number of carbonyl (C=O) groups excluding carboxylic acids is 3. The van der Waals surface area contributed by atoms with Crippen molar-refractivity contribution in [1.82, 2.24) is 15.0 Å². The lowest BCUT2D eigenvalue weighted by molar-refractivity contribution is 0.0594. The van der Waals surface area contributed by atoms with Gasteiger partial charge in [0.05, 0.1) is 18.5 Å². The van der Waals surface area contributed by atoms with Crippen molar-refractivity contribution < 1.29 is 19.1 Å². The van der Waals surface area contributed by atoms with Crippen LogP contribution in [0.4, 0.5) is 0 Å². The summed E-state index contributed by atoms with van der Waals surface area (Å²) < 4.78 is 4.64. The highest BCUT2D eigenvalue weighted by molar-refractivity contribution is 6.48. The van der Waals surface area contributed by atoms with Crippen LogP contribution in [0.2, 0.25) is 0 Å². The van der Waals surface area contributed by atoms with Crippen LogP contribution >= 0.6 is 0 Å². The highest BCUT2D eigenvalue weighted by atomic mass is 16.5. The fraction of sp³-hybridized carbons (Fsp3) is 0.0526. The molecule has 0 N–H and O–H groups in total. The summed E-state index contributed by atoms with van der Waals surface area (Å²) in [5, 5.41) is 0. The smallest absolute Gasteiger partial charge is 0.356 e. The predicted octanol–water partition coefficient (Wildman–Crippen LogP) is 2.39. The van der Waals surface area contributed by atoms with E-state index in [4.69, 9.17) is 0 Å². The number of esters is 1. The quantitative estimate of drug-likeness (QED) is 0.397. The van der Waals surface area contributed by atoms with Crippen molar-refractivity contribution in [3.05, 3.63) is 77.9 Å². The maximum Gasteiger partial charge on any atom is 0.356 e. The van der Waals surface area contributed by atoms with Gasteiger partial charge in [0.25, 0.3) is 11.6 Å². The molecular formula is C19H13N3O4. The van der Waals surface area contributed by atoms with Crippen LogP contribution in [0.5, 0.6) is 0 Å². The summed E-state index contributed by atoms with van der Waals surface area (Å²) in [5.41, 5.74) is 0.885. The van der Waals surface area contributed by atoms with Crippen LogP contribution in [0.25, 0.3) is 11.4 Å². The SMILES string of the molecule is COC(=O)c1cccc(-c2cccc(C(=O)C(=O)c3ccccn3)n2)n1. The second-order valence-corrected chi connectivity index (χ2v) is 5.18. The third-order valence-electron chi connectivity index (χ3n) is 3.49. The Kier molecular flexibility index (Phi) is 4.89. The van der Waals surface area contributed by atoms with Crippen molar-refractivity contribution in [3.8, 4) is 11.4 Å². The fourth-order valence-electron chi connectivity index (χ4n) is 2.23. The fourth-order valence-corrected chi connectivity index (χ4v) is 2.23. The molecule has 0 aliphatic rings. The first-order chi connectivity index (χ1) is 12.6. The third-order valence-corrected chi connectivity index (χ3v) is 3.49. The van der Waals surface area contributed by atoms with Crippen molar-refractivity contribution in [2.45, 2.75) is 0 Å². The minimum absolute atomic E-state index is 0.0246. The molecule has 0 amide bonds. The Labute approximate surface area is 148 Å². The minimum Gasteiger partial charge on any atom is -0.464 e. The van der Waals surface area contributed by atoms with E-state index in [0.717, 1.165) is 0 Å². The maximum atomic E-state index is 12.4. The molecule has 0 unspecified atom stereocenters. The summed E-state index contributed by atoms with van der Waals surface area (Å²) >= 11 is 0. The topological polar surface area (TPSA) is 99.1 Å². The van der Waals surface area contributed by atoms with Gasteiger partial charge in [0.2, 0.25) is 0 Å². The zero-order valence-corrected chi connectivity index (χ0v) is 13.7. The lowest BCUT2D eigenvalue weighted by atomic mass is 10.1. The summed E-state index contributed by atoms with van der Waals surface area (Å²) in [6.07, 6.45) is 1.44. The zero-order valence-electron chi connectivity index (χ0n) is 13.7. The average Bonchev–Trinajstić information content (AvgIpc) is 2.73. The number of hydrogen-bond acceptors (Lipinski definition) is 7. The molecule has 26 heavy (non-hydrogen) atoms. The molecule has 0 saturated heterocycles. The van der Waals surface area contributed by atoms with Gasteiger partial charge < -0.3 is 4.74 Å². The largest absolute Gasteiger partial charge is 0.464 e. The Balaban J connectivity index is 1.93. The molecule has 0 saturated carbocycles. The minimum atomic E-state index is -0.769. The van der Waals surface area contributed by atoms with Gasteiger partial charge in [-0.25, -0.2) is 14.8 Å². The van der Waals surface area contributed by atoms with E-state index in [1.165, 1.54) is 31.5 Å². The van der Waals surface area contributed by atoms with Gasteiger partial charge in [0.1, 0.15) is 17.1 Å². The van der Waals surface area contributed by atoms with Gasteiger partial charge in [-0.3, -0.25) is 14.6 Å². The van der Waals surface area contributed by atoms with E-state index >= 15 is 0 Å². The first kappa shape index (κ1) is 17.1. The summed E-state index contributed by atoms with van der Waals surface area (Å²) in [6.45, 7) is 0. The monoisotopic (exact) mass is 347 g/mol. The lowest BCUT2D eigenvalue weighted by Gasteiger charge is -2.05. The molecule has 7 heteroatoms. The van der Waals surface area contributed by atoms with Crippen LogP contribution in [-0.2, 0) is 4.74 Å². The summed E-state index contributed by atoms with van der Waals surface area (Å²) in [7, 11) is 1.26. The van der Waals surface area contributed by atoms with Crippen molar-refractivity contribution in [2.75, 3.05) is 7.11 Å². The van der Waals surface area contributed by atoms with Gasteiger partial charge in [-0.1, -0.05) is 18.2 Å². The second kappa shape index (κ2) is 7.43. The van der Waals surface area contributed by atoms with Gasteiger partial charge in [0, 0.05) is 6.20 Å². The van der Waals surface area contributed by atoms with E-state index in [0.29, 0.717) is 11.4 Å². The lowest BCUT2D eigenvalue weighted by Crippen LogP contribution is -2.17. The van der Waals surface area contributed by atoms with Crippen LogP contribution in [0, 0.1) is 0 Å². The molecule has 3 aromatic rings. The van der Waals surface area contributed by atoms with Crippen molar-refractivity contribution in [1.29, 1.82) is 0 Å². The summed E-state index contributed by atoms with van der Waals surface area (Å²) in [5.74, 6) is -2.09. The second-order valence-electron chi connectivity index (χ2n) is 5.18. The number of Topliss-reactive ketones (excluding diaryl/α,β-unsaturated/α-hetero) is 2. The average molecular weight is 347 g/mol. The predicted molar refractivity (Wildman–Crippen MR) is 91.7 cm³/mol. The van der Waals surface area contributed by atoms with Crippen LogP contribution < -0.4 is 0 Å². The van der Waals surface area contributed by atoms with Crippen LogP contribution in [0.3, 0.4) is 0 Å².